The van der Waals surface area contributed by atoms with Gasteiger partial charge >= 0.3 is 0 Å². The smallest absolute Gasteiger partial charge is 0.0550 e. The highest BCUT2D eigenvalue weighted by Crippen LogP contribution is 2.50. The predicted molar refractivity (Wildman–Crippen MR) is 67.2 cm³/mol. The maximum Gasteiger partial charge on any atom is 0.0550 e. The van der Waals surface area contributed by atoms with E-state index in [0.717, 1.165) is 25.7 Å². The molecule has 16 heavy (non-hydrogen) atoms. The Morgan fingerprint density at radius 2 is 1.81 bits per heavy atom. The Morgan fingerprint density at radius 1 is 1.19 bits per heavy atom. The van der Waals surface area contributed by atoms with E-state index in [1.54, 1.807) is 0 Å². The van der Waals surface area contributed by atoms with Gasteiger partial charge in [-0.25, -0.2) is 0 Å². The Hall–Kier alpha value is -0.0800. The van der Waals surface area contributed by atoms with Gasteiger partial charge in [-0.05, 0) is 37.1 Å². The van der Waals surface area contributed by atoms with E-state index in [9.17, 15) is 0 Å². The lowest BCUT2D eigenvalue weighted by Gasteiger charge is -2.54. The zero-order valence-electron chi connectivity index (χ0n) is 10.9. The minimum absolute atomic E-state index is 0.434. The van der Waals surface area contributed by atoms with Crippen molar-refractivity contribution in [2.45, 2.75) is 46.0 Å². The van der Waals surface area contributed by atoms with Crippen LogP contribution in [-0.2, 0) is 4.74 Å². The quantitative estimate of drug-likeness (QED) is 0.798. The lowest BCUT2D eigenvalue weighted by molar-refractivity contribution is -0.190. The van der Waals surface area contributed by atoms with Crippen LogP contribution < -0.4 is 5.73 Å². The summed E-state index contributed by atoms with van der Waals surface area (Å²) in [5, 5.41) is 0. The van der Waals surface area contributed by atoms with Gasteiger partial charge in [0.25, 0.3) is 0 Å². The van der Waals surface area contributed by atoms with Gasteiger partial charge in [0.05, 0.1) is 13.2 Å². The van der Waals surface area contributed by atoms with Crippen molar-refractivity contribution in [3.8, 4) is 0 Å². The molecule has 1 unspecified atom stereocenters. The van der Waals surface area contributed by atoms with Gasteiger partial charge < -0.3 is 10.5 Å². The lowest BCUT2D eigenvalue weighted by Crippen LogP contribution is -2.57. The summed E-state index contributed by atoms with van der Waals surface area (Å²) >= 11 is 0. The summed E-state index contributed by atoms with van der Waals surface area (Å²) in [7, 11) is 0. The van der Waals surface area contributed by atoms with E-state index in [4.69, 9.17) is 10.5 Å². The van der Waals surface area contributed by atoms with Crippen molar-refractivity contribution in [3.63, 3.8) is 0 Å². The number of rotatable bonds is 4. The first kappa shape index (κ1) is 12.4. The maximum atomic E-state index is 6.02. The molecule has 2 rings (SSSR count). The summed E-state index contributed by atoms with van der Waals surface area (Å²) in [5.74, 6) is 2.23. The van der Waals surface area contributed by atoms with E-state index in [2.05, 4.69) is 13.8 Å². The van der Waals surface area contributed by atoms with Crippen molar-refractivity contribution in [1.82, 2.24) is 0 Å². The second-order valence-corrected chi connectivity index (χ2v) is 6.15. The Labute approximate surface area is 99.9 Å². The molecule has 2 aliphatic rings. The second kappa shape index (κ2) is 5.05. The summed E-state index contributed by atoms with van der Waals surface area (Å²) < 4.78 is 5.57. The molecule has 0 aromatic rings. The van der Waals surface area contributed by atoms with Crippen molar-refractivity contribution < 1.29 is 4.74 Å². The van der Waals surface area contributed by atoms with Crippen LogP contribution in [0.5, 0.6) is 0 Å². The lowest BCUT2D eigenvalue weighted by atomic mass is 9.58. The van der Waals surface area contributed by atoms with Crippen LogP contribution in [0.2, 0.25) is 0 Å². The average molecular weight is 225 g/mol. The van der Waals surface area contributed by atoms with Gasteiger partial charge in [0.15, 0.2) is 0 Å². The predicted octanol–water partition coefficient (Wildman–Crippen LogP) is 2.81. The SMILES string of the molecule is CC(C)C(CN)C1(C2CCCCC2)COC1. The van der Waals surface area contributed by atoms with E-state index in [-0.39, 0.29) is 0 Å². The zero-order chi connectivity index (χ0) is 11.6. The number of ether oxygens (including phenoxy) is 1. The Kier molecular flexibility index (Phi) is 3.91. The highest BCUT2D eigenvalue weighted by molar-refractivity contribution is 4.99. The van der Waals surface area contributed by atoms with Crippen LogP contribution in [-0.4, -0.2) is 19.8 Å². The third-order valence-electron chi connectivity index (χ3n) is 4.96. The molecule has 1 aliphatic carbocycles. The number of hydrogen-bond acceptors (Lipinski definition) is 2. The fourth-order valence-electron chi connectivity index (χ4n) is 3.94. The molecule has 94 valence electrons. The Morgan fingerprint density at radius 3 is 2.19 bits per heavy atom. The highest BCUT2D eigenvalue weighted by Gasteiger charge is 2.51. The topological polar surface area (TPSA) is 35.2 Å². The number of nitrogens with two attached hydrogens (primary N) is 1. The van der Waals surface area contributed by atoms with Gasteiger partial charge in [-0.2, -0.15) is 0 Å². The summed E-state index contributed by atoms with van der Waals surface area (Å²) in [5.41, 5.74) is 6.45. The van der Waals surface area contributed by atoms with E-state index in [1.165, 1.54) is 32.1 Å². The van der Waals surface area contributed by atoms with Gasteiger partial charge in [0, 0.05) is 5.41 Å². The van der Waals surface area contributed by atoms with E-state index in [1.807, 2.05) is 0 Å². The molecule has 2 heteroatoms. The van der Waals surface area contributed by atoms with Crippen LogP contribution in [0.25, 0.3) is 0 Å². The average Bonchev–Trinajstić information content (AvgIpc) is 2.23. The molecule has 0 aromatic heterocycles. The molecule has 2 N–H and O–H groups in total. The van der Waals surface area contributed by atoms with Gasteiger partial charge in [-0.1, -0.05) is 33.1 Å². The van der Waals surface area contributed by atoms with Crippen LogP contribution in [0, 0.1) is 23.2 Å². The first-order valence-corrected chi connectivity index (χ1v) is 6.98. The van der Waals surface area contributed by atoms with Crippen molar-refractivity contribution in [2.75, 3.05) is 19.8 Å². The van der Waals surface area contributed by atoms with Gasteiger partial charge in [-0.15, -0.1) is 0 Å². The first-order chi connectivity index (χ1) is 7.70. The fourth-order valence-corrected chi connectivity index (χ4v) is 3.94. The third kappa shape index (κ3) is 2.02. The highest BCUT2D eigenvalue weighted by atomic mass is 16.5. The molecular formula is C14H27NO. The van der Waals surface area contributed by atoms with Crippen molar-refractivity contribution in [3.05, 3.63) is 0 Å². The largest absolute Gasteiger partial charge is 0.380 e. The van der Waals surface area contributed by atoms with Crippen molar-refractivity contribution >= 4 is 0 Å². The molecule has 2 fully saturated rings. The van der Waals surface area contributed by atoms with Crippen LogP contribution in [0.15, 0.2) is 0 Å². The van der Waals surface area contributed by atoms with Gasteiger partial charge in [0.2, 0.25) is 0 Å². The molecule has 0 radical (unpaired) electrons. The van der Waals surface area contributed by atoms with Crippen molar-refractivity contribution in [2.24, 2.45) is 28.9 Å². The standard InChI is InChI=1S/C14H27NO/c1-11(2)13(8-15)14(9-16-10-14)12-6-4-3-5-7-12/h11-13H,3-10,15H2,1-2H3. The molecule has 0 aromatic carbocycles. The van der Waals surface area contributed by atoms with Gasteiger partial charge in [-0.3, -0.25) is 0 Å². The molecule has 0 bridgehead atoms. The molecular weight excluding hydrogens is 198 g/mol. The molecule has 1 saturated carbocycles. The molecule has 0 amide bonds. The summed E-state index contributed by atoms with van der Waals surface area (Å²) in [6.45, 7) is 7.41. The summed E-state index contributed by atoms with van der Waals surface area (Å²) in [6.07, 6.45) is 7.09. The van der Waals surface area contributed by atoms with Crippen LogP contribution in [0.1, 0.15) is 46.0 Å². The normalized spacial score (nSPS) is 27.8. The second-order valence-electron chi connectivity index (χ2n) is 6.15. The van der Waals surface area contributed by atoms with E-state index in [0.29, 0.717) is 17.3 Å². The number of hydrogen-bond donors (Lipinski definition) is 1. The maximum absolute atomic E-state index is 6.02. The molecule has 1 atom stereocenters. The van der Waals surface area contributed by atoms with Crippen LogP contribution in [0.3, 0.4) is 0 Å². The molecule has 1 heterocycles. The molecule has 2 nitrogen and oxygen atoms in total. The minimum Gasteiger partial charge on any atom is -0.380 e. The van der Waals surface area contributed by atoms with Crippen LogP contribution >= 0.6 is 0 Å². The Bertz CT molecular complexity index is 217. The molecule has 1 saturated heterocycles. The Balaban J connectivity index is 2.10. The first-order valence-electron chi connectivity index (χ1n) is 6.98. The molecule has 1 aliphatic heterocycles. The van der Waals surface area contributed by atoms with Crippen LogP contribution in [0.4, 0.5) is 0 Å². The van der Waals surface area contributed by atoms with Gasteiger partial charge in [0.1, 0.15) is 0 Å². The van der Waals surface area contributed by atoms with E-state index < -0.39 is 0 Å². The zero-order valence-corrected chi connectivity index (χ0v) is 10.9. The summed E-state index contributed by atoms with van der Waals surface area (Å²) in [4.78, 5) is 0. The monoisotopic (exact) mass is 225 g/mol. The minimum atomic E-state index is 0.434. The molecule has 0 spiro atoms. The van der Waals surface area contributed by atoms with E-state index >= 15 is 0 Å². The summed E-state index contributed by atoms with van der Waals surface area (Å²) in [6, 6.07) is 0. The van der Waals surface area contributed by atoms with Crippen molar-refractivity contribution in [1.29, 1.82) is 0 Å². The fraction of sp³-hybridized carbons (Fsp3) is 1.00. The third-order valence-corrected chi connectivity index (χ3v) is 4.96.